The summed E-state index contributed by atoms with van der Waals surface area (Å²) in [5, 5.41) is 13.3. The molecule has 0 aliphatic carbocycles. The van der Waals surface area contributed by atoms with Crippen LogP contribution in [0, 0.1) is 0 Å². The van der Waals surface area contributed by atoms with E-state index in [0.717, 1.165) is 18.8 Å². The normalized spacial score (nSPS) is 10.8. The van der Waals surface area contributed by atoms with Crippen LogP contribution in [0.15, 0.2) is 18.3 Å². The molecule has 102 valence electrons. The molecule has 0 radical (unpaired) electrons. The quantitative estimate of drug-likeness (QED) is 0.807. The van der Waals surface area contributed by atoms with E-state index < -0.39 is 5.97 Å². The van der Waals surface area contributed by atoms with Crippen LogP contribution in [-0.2, 0) is 0 Å². The van der Waals surface area contributed by atoms with Crippen molar-refractivity contribution in [1.29, 1.82) is 0 Å². The van der Waals surface area contributed by atoms with Crippen LogP contribution in [0.5, 0.6) is 0 Å². The number of aromatic nitrogens is 3. The minimum atomic E-state index is -1.04. The average molecular weight is 262 g/mol. The number of rotatable bonds is 6. The summed E-state index contributed by atoms with van der Waals surface area (Å²) >= 11 is 0. The summed E-state index contributed by atoms with van der Waals surface area (Å²) in [4.78, 5) is 16.9. The summed E-state index contributed by atoms with van der Waals surface area (Å²) < 4.78 is 1.51. The zero-order valence-electron chi connectivity index (χ0n) is 11.2. The number of hydrogen-bond donors (Lipinski definition) is 1. The smallest absolute Gasteiger partial charge is 0.356 e. The summed E-state index contributed by atoms with van der Waals surface area (Å²) in [5.74, 6) is -0.221. The largest absolute Gasteiger partial charge is 0.476 e. The highest BCUT2D eigenvalue weighted by molar-refractivity contribution is 5.86. The van der Waals surface area contributed by atoms with Crippen molar-refractivity contribution in [2.45, 2.75) is 26.2 Å². The number of carboxylic acid groups (broad SMARTS) is 1. The van der Waals surface area contributed by atoms with Gasteiger partial charge in [-0.1, -0.05) is 19.8 Å². The van der Waals surface area contributed by atoms with E-state index >= 15 is 0 Å². The highest BCUT2D eigenvalue weighted by Gasteiger charge is 2.10. The van der Waals surface area contributed by atoms with Crippen LogP contribution in [0.4, 0.5) is 5.82 Å². The van der Waals surface area contributed by atoms with Crippen molar-refractivity contribution in [1.82, 2.24) is 14.6 Å². The molecular formula is C13H18N4O2. The molecule has 6 heteroatoms. The number of imidazole rings is 1. The van der Waals surface area contributed by atoms with Gasteiger partial charge >= 0.3 is 5.97 Å². The van der Waals surface area contributed by atoms with Crippen LogP contribution in [0.25, 0.3) is 5.65 Å². The fourth-order valence-electron chi connectivity index (χ4n) is 1.89. The van der Waals surface area contributed by atoms with Crippen molar-refractivity contribution in [3.05, 3.63) is 24.0 Å². The molecule has 2 aromatic rings. The number of carboxylic acids is 1. The second kappa shape index (κ2) is 5.69. The number of nitrogens with zero attached hydrogens (tertiary/aromatic N) is 4. The molecule has 0 aliphatic heterocycles. The second-order valence-corrected chi connectivity index (χ2v) is 4.55. The van der Waals surface area contributed by atoms with Crippen molar-refractivity contribution >= 4 is 17.4 Å². The first kappa shape index (κ1) is 13.3. The Morgan fingerprint density at radius 3 is 2.89 bits per heavy atom. The standard InChI is InChI=1S/C13H18N4O2/c1-3-4-5-8-16(2)12-7-6-11-14-10(13(18)19)9-17(11)15-12/h6-7,9H,3-5,8H2,1-2H3,(H,18,19). The molecule has 0 atom stereocenters. The van der Waals surface area contributed by atoms with Crippen LogP contribution >= 0.6 is 0 Å². The van der Waals surface area contributed by atoms with Gasteiger partial charge in [-0.15, -0.1) is 5.10 Å². The first-order valence-electron chi connectivity index (χ1n) is 6.42. The maximum Gasteiger partial charge on any atom is 0.356 e. The fraction of sp³-hybridized carbons (Fsp3) is 0.462. The third kappa shape index (κ3) is 3.01. The summed E-state index contributed by atoms with van der Waals surface area (Å²) in [6.45, 7) is 3.11. The molecule has 0 spiro atoms. The van der Waals surface area contributed by atoms with E-state index in [1.807, 2.05) is 13.1 Å². The first-order valence-corrected chi connectivity index (χ1v) is 6.42. The van der Waals surface area contributed by atoms with Crippen LogP contribution in [0.3, 0.4) is 0 Å². The van der Waals surface area contributed by atoms with Gasteiger partial charge in [-0.25, -0.2) is 14.3 Å². The van der Waals surface area contributed by atoms with Gasteiger partial charge in [-0.3, -0.25) is 0 Å². The molecule has 2 aromatic heterocycles. The Bertz CT molecular complexity index is 579. The number of fused-ring (bicyclic) bond motifs is 1. The second-order valence-electron chi connectivity index (χ2n) is 4.55. The van der Waals surface area contributed by atoms with Gasteiger partial charge < -0.3 is 10.0 Å². The molecule has 0 aliphatic rings. The number of anilines is 1. The Balaban J connectivity index is 2.18. The highest BCUT2D eigenvalue weighted by atomic mass is 16.4. The zero-order chi connectivity index (χ0) is 13.8. The van der Waals surface area contributed by atoms with Gasteiger partial charge in [0.05, 0.1) is 6.20 Å². The lowest BCUT2D eigenvalue weighted by Crippen LogP contribution is -2.20. The van der Waals surface area contributed by atoms with Gasteiger partial charge in [0, 0.05) is 13.6 Å². The van der Waals surface area contributed by atoms with Crippen molar-refractivity contribution < 1.29 is 9.90 Å². The van der Waals surface area contributed by atoms with E-state index in [1.165, 1.54) is 23.6 Å². The van der Waals surface area contributed by atoms with Gasteiger partial charge in [-0.05, 0) is 18.6 Å². The minimum Gasteiger partial charge on any atom is -0.476 e. The number of carbonyl (C=O) groups is 1. The van der Waals surface area contributed by atoms with Gasteiger partial charge in [0.2, 0.25) is 0 Å². The van der Waals surface area contributed by atoms with Crippen LogP contribution in [0.1, 0.15) is 36.7 Å². The molecule has 0 saturated carbocycles. The Morgan fingerprint density at radius 2 is 2.21 bits per heavy atom. The van der Waals surface area contributed by atoms with Gasteiger partial charge in [0.25, 0.3) is 0 Å². The highest BCUT2D eigenvalue weighted by Crippen LogP contribution is 2.12. The average Bonchev–Trinajstić information content (AvgIpc) is 2.81. The van der Waals surface area contributed by atoms with Crippen molar-refractivity contribution in [2.75, 3.05) is 18.5 Å². The van der Waals surface area contributed by atoms with Crippen LogP contribution < -0.4 is 4.90 Å². The first-order chi connectivity index (χ1) is 9.11. The van der Waals surface area contributed by atoms with Gasteiger partial charge in [0.15, 0.2) is 11.3 Å². The molecule has 0 saturated heterocycles. The summed E-state index contributed by atoms with van der Waals surface area (Å²) in [7, 11) is 1.98. The number of hydrogen-bond acceptors (Lipinski definition) is 4. The third-order valence-electron chi connectivity index (χ3n) is 3.01. The van der Waals surface area contributed by atoms with Crippen molar-refractivity contribution in [3.63, 3.8) is 0 Å². The van der Waals surface area contributed by atoms with E-state index in [-0.39, 0.29) is 5.69 Å². The van der Waals surface area contributed by atoms with E-state index in [0.29, 0.717) is 5.65 Å². The Kier molecular flexibility index (Phi) is 3.99. The zero-order valence-corrected chi connectivity index (χ0v) is 11.2. The van der Waals surface area contributed by atoms with E-state index in [9.17, 15) is 4.79 Å². The molecule has 6 nitrogen and oxygen atoms in total. The predicted octanol–water partition coefficient (Wildman–Crippen LogP) is 2.05. The Hall–Kier alpha value is -2.11. The lowest BCUT2D eigenvalue weighted by atomic mass is 10.2. The maximum absolute atomic E-state index is 10.8. The number of aromatic carboxylic acids is 1. The lowest BCUT2D eigenvalue weighted by Gasteiger charge is -2.17. The van der Waals surface area contributed by atoms with Crippen LogP contribution in [-0.4, -0.2) is 39.3 Å². The van der Waals surface area contributed by atoms with Crippen LogP contribution in [0.2, 0.25) is 0 Å². The molecule has 19 heavy (non-hydrogen) atoms. The van der Waals surface area contributed by atoms with E-state index in [4.69, 9.17) is 5.11 Å². The fourth-order valence-corrected chi connectivity index (χ4v) is 1.89. The van der Waals surface area contributed by atoms with E-state index in [1.54, 1.807) is 6.07 Å². The molecule has 2 heterocycles. The molecule has 0 amide bonds. The Morgan fingerprint density at radius 1 is 1.42 bits per heavy atom. The molecule has 0 unspecified atom stereocenters. The van der Waals surface area contributed by atoms with Crippen molar-refractivity contribution in [3.8, 4) is 0 Å². The monoisotopic (exact) mass is 262 g/mol. The summed E-state index contributed by atoms with van der Waals surface area (Å²) in [5.41, 5.74) is 0.557. The van der Waals surface area contributed by atoms with Gasteiger partial charge in [0.1, 0.15) is 5.82 Å². The van der Waals surface area contributed by atoms with Gasteiger partial charge in [-0.2, -0.15) is 0 Å². The summed E-state index contributed by atoms with van der Waals surface area (Å²) in [6, 6.07) is 3.64. The van der Waals surface area contributed by atoms with E-state index in [2.05, 4.69) is 21.9 Å². The molecule has 0 fully saturated rings. The minimum absolute atomic E-state index is 0.0123. The Labute approximate surface area is 111 Å². The lowest BCUT2D eigenvalue weighted by molar-refractivity contribution is 0.0691. The summed E-state index contributed by atoms with van der Waals surface area (Å²) in [6.07, 6.45) is 4.93. The molecule has 1 N–H and O–H groups in total. The predicted molar refractivity (Wildman–Crippen MR) is 72.7 cm³/mol. The third-order valence-corrected chi connectivity index (χ3v) is 3.01. The molecule has 0 bridgehead atoms. The topological polar surface area (TPSA) is 70.7 Å². The maximum atomic E-state index is 10.8. The molecular weight excluding hydrogens is 244 g/mol. The molecule has 2 rings (SSSR count). The SMILES string of the molecule is CCCCCN(C)c1ccc2nc(C(=O)O)cn2n1. The molecule has 0 aromatic carbocycles. The van der Waals surface area contributed by atoms with Crippen molar-refractivity contribution in [2.24, 2.45) is 0 Å². The number of unbranched alkanes of at least 4 members (excludes halogenated alkanes) is 2.